The predicted octanol–water partition coefficient (Wildman–Crippen LogP) is 3.35. The molecule has 0 aliphatic carbocycles. The van der Waals surface area contributed by atoms with Crippen molar-refractivity contribution in [2.45, 2.75) is 0 Å². The molecule has 0 saturated carbocycles. The molecule has 7 nitrogen and oxygen atoms in total. The Hall–Kier alpha value is -3.19. The van der Waals surface area contributed by atoms with Gasteiger partial charge >= 0.3 is 6.03 Å². The summed E-state index contributed by atoms with van der Waals surface area (Å²) in [6, 6.07) is 11.4. The van der Waals surface area contributed by atoms with E-state index in [9.17, 15) is 19.7 Å². The summed E-state index contributed by atoms with van der Waals surface area (Å²) in [4.78, 5) is 35.6. The maximum Gasteiger partial charge on any atom is 0.333 e. The van der Waals surface area contributed by atoms with E-state index in [-0.39, 0.29) is 11.4 Å². The summed E-state index contributed by atoms with van der Waals surface area (Å²) < 4.78 is 0. The number of benzene rings is 2. The molecular weight excluding hydrogens is 334 g/mol. The Morgan fingerprint density at radius 3 is 2.25 bits per heavy atom. The number of nitro benzene ring substituents is 1. The number of amides is 3. The van der Waals surface area contributed by atoms with Crippen molar-refractivity contribution in [1.29, 1.82) is 0 Å². The van der Waals surface area contributed by atoms with E-state index in [1.165, 1.54) is 30.3 Å². The highest BCUT2D eigenvalue weighted by molar-refractivity contribution is 6.31. The molecule has 1 N–H and O–H groups in total. The molecule has 0 unspecified atom stereocenters. The van der Waals surface area contributed by atoms with E-state index in [0.717, 1.165) is 4.90 Å². The standard InChI is InChI=1S/C16H10ClN3O4/c17-11-3-7-12(8-4-11)19-15(21)14(18-16(19)22)9-10-1-5-13(6-2-10)20(23)24/h1-9H,(H,18,22)/b14-9-. The molecule has 8 heteroatoms. The van der Waals surface area contributed by atoms with Gasteiger partial charge in [-0.3, -0.25) is 14.9 Å². The van der Waals surface area contributed by atoms with E-state index in [4.69, 9.17) is 11.6 Å². The van der Waals surface area contributed by atoms with Crippen molar-refractivity contribution in [2.24, 2.45) is 0 Å². The molecule has 2 aromatic rings. The average molecular weight is 344 g/mol. The Kier molecular flexibility index (Phi) is 4.01. The first-order chi connectivity index (χ1) is 11.5. The van der Waals surface area contributed by atoms with Gasteiger partial charge in [-0.25, -0.2) is 9.69 Å². The molecule has 0 spiro atoms. The van der Waals surface area contributed by atoms with Crippen LogP contribution in [-0.2, 0) is 4.79 Å². The second-order valence-corrected chi connectivity index (χ2v) is 5.39. The third-order valence-electron chi connectivity index (χ3n) is 3.38. The van der Waals surface area contributed by atoms with E-state index in [1.54, 1.807) is 24.3 Å². The van der Waals surface area contributed by atoms with E-state index in [1.807, 2.05) is 0 Å². The quantitative estimate of drug-likeness (QED) is 0.400. The fourth-order valence-corrected chi connectivity index (χ4v) is 2.34. The van der Waals surface area contributed by atoms with Crippen LogP contribution in [0.2, 0.25) is 5.02 Å². The van der Waals surface area contributed by atoms with Crippen molar-refractivity contribution in [3.8, 4) is 0 Å². The van der Waals surface area contributed by atoms with Gasteiger partial charge in [0.2, 0.25) is 0 Å². The SMILES string of the molecule is O=C1N/C(=C\c2ccc([N+](=O)[O-])cc2)C(=O)N1c1ccc(Cl)cc1. The fourth-order valence-electron chi connectivity index (χ4n) is 2.22. The number of rotatable bonds is 3. The lowest BCUT2D eigenvalue weighted by atomic mass is 10.1. The zero-order valence-electron chi connectivity index (χ0n) is 12.1. The topological polar surface area (TPSA) is 92.5 Å². The number of urea groups is 1. The summed E-state index contributed by atoms with van der Waals surface area (Å²) in [5.41, 5.74) is 0.988. The van der Waals surface area contributed by atoms with Crippen LogP contribution in [0.5, 0.6) is 0 Å². The maximum absolute atomic E-state index is 12.4. The largest absolute Gasteiger partial charge is 0.333 e. The Morgan fingerprint density at radius 1 is 1.04 bits per heavy atom. The van der Waals surface area contributed by atoms with Crippen LogP contribution in [0, 0.1) is 10.1 Å². The van der Waals surface area contributed by atoms with Gasteiger partial charge in [0.05, 0.1) is 10.6 Å². The molecule has 0 aromatic heterocycles. The lowest BCUT2D eigenvalue weighted by Crippen LogP contribution is -2.30. The van der Waals surface area contributed by atoms with Gasteiger partial charge in [0, 0.05) is 17.2 Å². The molecule has 2 aromatic carbocycles. The molecule has 1 aliphatic heterocycles. The molecular formula is C16H10ClN3O4. The second-order valence-electron chi connectivity index (χ2n) is 4.95. The van der Waals surface area contributed by atoms with Gasteiger partial charge in [0.1, 0.15) is 5.70 Å². The van der Waals surface area contributed by atoms with Gasteiger partial charge in [-0.05, 0) is 48.0 Å². The summed E-state index contributed by atoms with van der Waals surface area (Å²) in [7, 11) is 0. The minimum Gasteiger partial charge on any atom is -0.302 e. The van der Waals surface area contributed by atoms with Crippen LogP contribution in [0.4, 0.5) is 16.2 Å². The lowest BCUT2D eigenvalue weighted by Gasteiger charge is -2.11. The summed E-state index contributed by atoms with van der Waals surface area (Å²) in [5.74, 6) is -0.513. The normalized spacial score (nSPS) is 15.7. The van der Waals surface area contributed by atoms with Gasteiger partial charge in [0.15, 0.2) is 0 Å². The molecule has 1 fully saturated rings. The number of hydrogen-bond donors (Lipinski definition) is 1. The van der Waals surface area contributed by atoms with E-state index < -0.39 is 16.9 Å². The third-order valence-corrected chi connectivity index (χ3v) is 3.63. The fraction of sp³-hybridized carbons (Fsp3) is 0. The Labute approximate surface area is 141 Å². The highest BCUT2D eigenvalue weighted by Gasteiger charge is 2.34. The molecule has 0 bridgehead atoms. The van der Waals surface area contributed by atoms with Crippen molar-refractivity contribution in [1.82, 2.24) is 5.32 Å². The number of imide groups is 1. The van der Waals surface area contributed by atoms with Gasteiger partial charge in [-0.15, -0.1) is 0 Å². The van der Waals surface area contributed by atoms with E-state index in [2.05, 4.69) is 5.32 Å². The van der Waals surface area contributed by atoms with Crippen molar-refractivity contribution in [3.05, 3.63) is 74.9 Å². The van der Waals surface area contributed by atoms with E-state index >= 15 is 0 Å². The number of nitrogens with zero attached hydrogens (tertiary/aromatic N) is 2. The number of carbonyl (C=O) groups is 2. The summed E-state index contributed by atoms with van der Waals surface area (Å²) >= 11 is 5.80. The first-order valence-corrected chi connectivity index (χ1v) is 7.20. The van der Waals surface area contributed by atoms with E-state index in [0.29, 0.717) is 16.3 Å². The Morgan fingerprint density at radius 2 is 1.67 bits per heavy atom. The van der Waals surface area contributed by atoms with Crippen molar-refractivity contribution in [2.75, 3.05) is 4.90 Å². The van der Waals surface area contributed by atoms with Crippen molar-refractivity contribution >= 4 is 41.0 Å². The van der Waals surface area contributed by atoms with Crippen LogP contribution in [0.1, 0.15) is 5.56 Å². The summed E-state index contributed by atoms with van der Waals surface area (Å²) in [6.07, 6.45) is 1.46. The van der Waals surface area contributed by atoms with Gasteiger partial charge in [-0.1, -0.05) is 11.6 Å². The third kappa shape index (κ3) is 2.97. The summed E-state index contributed by atoms with van der Waals surface area (Å²) in [5, 5.41) is 13.6. The van der Waals surface area contributed by atoms with Crippen LogP contribution in [0.15, 0.2) is 54.2 Å². The number of halogens is 1. The zero-order valence-corrected chi connectivity index (χ0v) is 12.9. The first kappa shape index (κ1) is 15.7. The molecule has 3 amide bonds. The number of carbonyl (C=O) groups excluding carboxylic acids is 2. The summed E-state index contributed by atoms with van der Waals surface area (Å²) in [6.45, 7) is 0. The maximum atomic E-state index is 12.4. The molecule has 1 heterocycles. The molecule has 24 heavy (non-hydrogen) atoms. The Bertz CT molecular complexity index is 860. The zero-order chi connectivity index (χ0) is 17.3. The number of nitrogens with one attached hydrogen (secondary N) is 1. The van der Waals surface area contributed by atoms with Gasteiger partial charge in [0.25, 0.3) is 11.6 Å². The molecule has 0 atom stereocenters. The van der Waals surface area contributed by atoms with Crippen LogP contribution in [-0.4, -0.2) is 16.9 Å². The number of nitro groups is 1. The molecule has 0 radical (unpaired) electrons. The number of hydrogen-bond acceptors (Lipinski definition) is 4. The minimum atomic E-state index is -0.574. The lowest BCUT2D eigenvalue weighted by molar-refractivity contribution is -0.384. The molecule has 120 valence electrons. The first-order valence-electron chi connectivity index (χ1n) is 6.83. The minimum absolute atomic E-state index is 0.0540. The van der Waals surface area contributed by atoms with Crippen LogP contribution in [0.3, 0.4) is 0 Å². The van der Waals surface area contributed by atoms with Crippen LogP contribution < -0.4 is 10.2 Å². The second kappa shape index (κ2) is 6.13. The number of non-ortho nitro benzene ring substituents is 1. The van der Waals surface area contributed by atoms with Crippen molar-refractivity contribution < 1.29 is 14.5 Å². The molecule has 1 saturated heterocycles. The van der Waals surface area contributed by atoms with Crippen molar-refractivity contribution in [3.63, 3.8) is 0 Å². The highest BCUT2D eigenvalue weighted by Crippen LogP contribution is 2.24. The smallest absolute Gasteiger partial charge is 0.302 e. The van der Waals surface area contributed by atoms with Crippen LogP contribution >= 0.6 is 11.6 Å². The monoisotopic (exact) mass is 343 g/mol. The molecule has 1 aliphatic rings. The predicted molar refractivity (Wildman–Crippen MR) is 88.5 cm³/mol. The Balaban J connectivity index is 1.87. The number of anilines is 1. The van der Waals surface area contributed by atoms with Gasteiger partial charge in [-0.2, -0.15) is 0 Å². The molecule has 3 rings (SSSR count). The highest BCUT2D eigenvalue weighted by atomic mass is 35.5. The average Bonchev–Trinajstić information content (AvgIpc) is 2.83. The van der Waals surface area contributed by atoms with Crippen LogP contribution in [0.25, 0.3) is 6.08 Å². The van der Waals surface area contributed by atoms with Gasteiger partial charge < -0.3 is 5.32 Å².